The molecule has 1 aromatic carbocycles. The molecule has 0 unspecified atom stereocenters. The van der Waals surface area contributed by atoms with E-state index in [4.69, 9.17) is 11.6 Å². The first-order chi connectivity index (χ1) is 8.70. The number of benzene rings is 1. The molecule has 0 aromatic heterocycles. The highest BCUT2D eigenvalue weighted by atomic mass is 35.5. The molecule has 0 aliphatic carbocycles. The molecule has 2 nitrogen and oxygen atoms in total. The zero-order valence-corrected chi connectivity index (χ0v) is 11.5. The summed E-state index contributed by atoms with van der Waals surface area (Å²) in [4.78, 5) is 2.27. The normalized spacial score (nSPS) is 17.2. The Kier molecular flexibility index (Phi) is 4.84. The highest BCUT2D eigenvalue weighted by Crippen LogP contribution is 2.25. The number of hydrogen-bond acceptors (Lipinski definition) is 2. The molecule has 0 saturated carbocycles. The van der Waals surface area contributed by atoms with Crippen molar-refractivity contribution in [1.29, 1.82) is 0 Å². The summed E-state index contributed by atoms with van der Waals surface area (Å²) < 4.78 is 13.1. The lowest BCUT2D eigenvalue weighted by molar-refractivity contribution is 0.416. The van der Waals surface area contributed by atoms with Crippen LogP contribution in [0.2, 0.25) is 5.02 Å². The van der Waals surface area contributed by atoms with Gasteiger partial charge in [-0.2, -0.15) is 0 Å². The summed E-state index contributed by atoms with van der Waals surface area (Å²) in [5.74, 6) is -0.347. The van der Waals surface area contributed by atoms with Crippen LogP contribution in [-0.2, 0) is 0 Å². The van der Waals surface area contributed by atoms with Gasteiger partial charge in [-0.25, -0.2) is 4.39 Å². The van der Waals surface area contributed by atoms with Gasteiger partial charge in [0.1, 0.15) is 5.82 Å². The molecule has 1 aliphatic heterocycles. The first kappa shape index (κ1) is 13.6. The maximum atomic E-state index is 13.1. The largest absolute Gasteiger partial charge is 0.371 e. The molecule has 1 aromatic rings. The number of nitrogens with one attached hydrogen (secondary N) is 1. The fourth-order valence-corrected chi connectivity index (χ4v) is 2.55. The van der Waals surface area contributed by atoms with Crippen LogP contribution in [0.1, 0.15) is 26.2 Å². The van der Waals surface area contributed by atoms with Crippen molar-refractivity contribution in [3.05, 3.63) is 29.0 Å². The number of nitrogens with zero attached hydrogens (tertiary/aromatic N) is 1. The Balaban J connectivity index is 1.90. The summed E-state index contributed by atoms with van der Waals surface area (Å²) in [6.45, 7) is 5.28. The molecule has 100 valence electrons. The Bertz CT molecular complexity index is 389. The average Bonchev–Trinajstić information content (AvgIpc) is 2.40. The predicted octanol–water partition coefficient (Wildman–Crippen LogP) is 3.45. The van der Waals surface area contributed by atoms with E-state index in [1.54, 1.807) is 12.1 Å². The second kappa shape index (κ2) is 6.39. The molecule has 0 amide bonds. The van der Waals surface area contributed by atoms with E-state index in [-0.39, 0.29) is 10.8 Å². The Morgan fingerprint density at radius 2 is 2.11 bits per heavy atom. The van der Waals surface area contributed by atoms with Gasteiger partial charge in [0, 0.05) is 24.8 Å². The molecule has 1 N–H and O–H groups in total. The van der Waals surface area contributed by atoms with E-state index in [1.165, 1.54) is 12.5 Å². The van der Waals surface area contributed by atoms with Gasteiger partial charge in [0.2, 0.25) is 0 Å². The van der Waals surface area contributed by atoms with Crippen molar-refractivity contribution in [1.82, 2.24) is 5.32 Å². The molecule has 2 rings (SSSR count). The van der Waals surface area contributed by atoms with Gasteiger partial charge in [-0.05, 0) is 44.0 Å². The first-order valence-corrected chi connectivity index (χ1v) is 7.02. The fourth-order valence-electron chi connectivity index (χ4n) is 2.37. The second-order valence-corrected chi connectivity index (χ2v) is 5.22. The quantitative estimate of drug-likeness (QED) is 0.902. The minimum Gasteiger partial charge on any atom is -0.371 e. The van der Waals surface area contributed by atoms with Crippen molar-refractivity contribution in [3.63, 3.8) is 0 Å². The van der Waals surface area contributed by atoms with Crippen LogP contribution in [0.4, 0.5) is 10.1 Å². The standard InChI is InChI=1S/C14H20ClFN2/c1-2-7-17-11-5-8-18(9-6-11)12-3-4-14(16)13(15)10-12/h3-4,10-11,17H,2,5-9H2,1H3. The molecule has 18 heavy (non-hydrogen) atoms. The molecule has 1 aliphatic rings. The highest BCUT2D eigenvalue weighted by Gasteiger charge is 2.19. The third kappa shape index (κ3) is 3.36. The second-order valence-electron chi connectivity index (χ2n) is 4.81. The van der Waals surface area contributed by atoms with Crippen molar-refractivity contribution in [2.24, 2.45) is 0 Å². The van der Waals surface area contributed by atoms with Crippen LogP contribution < -0.4 is 10.2 Å². The van der Waals surface area contributed by atoms with Gasteiger partial charge in [0.25, 0.3) is 0 Å². The Morgan fingerprint density at radius 3 is 2.72 bits per heavy atom. The van der Waals surface area contributed by atoms with Crippen LogP contribution in [0, 0.1) is 5.82 Å². The smallest absolute Gasteiger partial charge is 0.141 e. The number of anilines is 1. The Hall–Kier alpha value is -0.800. The summed E-state index contributed by atoms with van der Waals surface area (Å²) >= 11 is 5.82. The van der Waals surface area contributed by atoms with Gasteiger partial charge in [0.05, 0.1) is 5.02 Å². The summed E-state index contributed by atoms with van der Waals surface area (Å²) in [6.07, 6.45) is 3.44. The number of rotatable bonds is 4. The highest BCUT2D eigenvalue weighted by molar-refractivity contribution is 6.31. The number of hydrogen-bond donors (Lipinski definition) is 1. The van der Waals surface area contributed by atoms with E-state index in [9.17, 15) is 4.39 Å². The van der Waals surface area contributed by atoms with Crippen molar-refractivity contribution >= 4 is 17.3 Å². The van der Waals surface area contributed by atoms with Gasteiger partial charge in [-0.3, -0.25) is 0 Å². The van der Waals surface area contributed by atoms with Crippen LogP contribution in [0.15, 0.2) is 18.2 Å². The van der Waals surface area contributed by atoms with E-state index < -0.39 is 0 Å². The van der Waals surface area contributed by atoms with Gasteiger partial charge in [-0.15, -0.1) is 0 Å². The Morgan fingerprint density at radius 1 is 1.39 bits per heavy atom. The minimum atomic E-state index is -0.347. The molecule has 0 spiro atoms. The average molecular weight is 271 g/mol. The van der Waals surface area contributed by atoms with E-state index in [0.717, 1.165) is 38.2 Å². The van der Waals surface area contributed by atoms with Crippen LogP contribution >= 0.6 is 11.6 Å². The lowest BCUT2D eigenvalue weighted by Crippen LogP contribution is -2.42. The van der Waals surface area contributed by atoms with E-state index in [1.807, 2.05) is 0 Å². The van der Waals surface area contributed by atoms with Crippen molar-refractivity contribution in [3.8, 4) is 0 Å². The summed E-state index contributed by atoms with van der Waals surface area (Å²) in [5, 5.41) is 3.76. The SMILES string of the molecule is CCCNC1CCN(c2ccc(F)c(Cl)c2)CC1. The maximum absolute atomic E-state index is 13.1. The molecule has 1 heterocycles. The summed E-state index contributed by atoms with van der Waals surface area (Å²) in [6, 6.07) is 5.59. The molecule has 0 radical (unpaired) electrons. The number of halogens is 2. The zero-order valence-electron chi connectivity index (χ0n) is 10.8. The summed E-state index contributed by atoms with van der Waals surface area (Å²) in [7, 11) is 0. The van der Waals surface area contributed by atoms with E-state index in [2.05, 4.69) is 17.1 Å². The zero-order chi connectivity index (χ0) is 13.0. The van der Waals surface area contributed by atoms with Crippen LogP contribution in [0.5, 0.6) is 0 Å². The molecule has 0 bridgehead atoms. The topological polar surface area (TPSA) is 15.3 Å². The monoisotopic (exact) mass is 270 g/mol. The Labute approximate surface area is 113 Å². The number of piperidine rings is 1. The fraction of sp³-hybridized carbons (Fsp3) is 0.571. The van der Waals surface area contributed by atoms with Gasteiger partial charge in [-0.1, -0.05) is 18.5 Å². The molecular weight excluding hydrogens is 251 g/mol. The third-order valence-corrected chi connectivity index (χ3v) is 3.74. The van der Waals surface area contributed by atoms with E-state index in [0.29, 0.717) is 6.04 Å². The molecule has 1 saturated heterocycles. The lowest BCUT2D eigenvalue weighted by Gasteiger charge is -2.34. The predicted molar refractivity (Wildman–Crippen MR) is 74.9 cm³/mol. The van der Waals surface area contributed by atoms with Gasteiger partial charge in [0.15, 0.2) is 0 Å². The molecule has 0 atom stereocenters. The van der Waals surface area contributed by atoms with Crippen LogP contribution in [-0.4, -0.2) is 25.7 Å². The van der Waals surface area contributed by atoms with Crippen molar-refractivity contribution < 1.29 is 4.39 Å². The van der Waals surface area contributed by atoms with Crippen molar-refractivity contribution in [2.75, 3.05) is 24.5 Å². The third-order valence-electron chi connectivity index (χ3n) is 3.45. The lowest BCUT2D eigenvalue weighted by atomic mass is 10.0. The van der Waals surface area contributed by atoms with Gasteiger partial charge >= 0.3 is 0 Å². The minimum absolute atomic E-state index is 0.207. The maximum Gasteiger partial charge on any atom is 0.141 e. The molecular formula is C14H20ClFN2. The van der Waals surface area contributed by atoms with Crippen molar-refractivity contribution in [2.45, 2.75) is 32.2 Å². The molecule has 4 heteroatoms. The first-order valence-electron chi connectivity index (χ1n) is 6.64. The van der Waals surface area contributed by atoms with Crippen LogP contribution in [0.3, 0.4) is 0 Å². The molecule has 1 fully saturated rings. The van der Waals surface area contributed by atoms with E-state index >= 15 is 0 Å². The summed E-state index contributed by atoms with van der Waals surface area (Å²) in [5.41, 5.74) is 1.02. The van der Waals surface area contributed by atoms with Crippen LogP contribution in [0.25, 0.3) is 0 Å². The van der Waals surface area contributed by atoms with Gasteiger partial charge < -0.3 is 10.2 Å².